The number of benzene rings is 3. The minimum absolute atomic E-state index is 0.0994. The monoisotopic (exact) mass is 481 g/mol. The van der Waals surface area contributed by atoms with E-state index in [4.69, 9.17) is 16.0 Å². The van der Waals surface area contributed by atoms with Crippen LogP contribution in [-0.2, 0) is 21.2 Å². The largest absolute Gasteiger partial charge is 0.441 e. The highest BCUT2D eigenvalue weighted by atomic mass is 35.5. The van der Waals surface area contributed by atoms with E-state index in [0.29, 0.717) is 22.4 Å². The van der Waals surface area contributed by atoms with Crippen LogP contribution in [0.15, 0.2) is 94.4 Å². The minimum atomic E-state index is -3.79. The van der Waals surface area contributed by atoms with Crippen molar-refractivity contribution in [3.8, 4) is 11.3 Å². The first-order valence-corrected chi connectivity index (χ1v) is 11.9. The SMILES string of the molecule is O=C(CCc1ncc(-c2ccccc2Cl)o1)Nc1ccccc1NS(=O)(=O)c1ccccc1. The van der Waals surface area contributed by atoms with Gasteiger partial charge in [-0.25, -0.2) is 13.4 Å². The van der Waals surface area contributed by atoms with Crippen LogP contribution >= 0.6 is 11.6 Å². The Bertz CT molecular complexity index is 1370. The molecule has 0 saturated heterocycles. The van der Waals surface area contributed by atoms with Crippen LogP contribution in [0, 0.1) is 0 Å². The number of anilines is 2. The van der Waals surface area contributed by atoms with Gasteiger partial charge in [-0.1, -0.05) is 54.1 Å². The third kappa shape index (κ3) is 5.60. The fourth-order valence-electron chi connectivity index (χ4n) is 3.13. The summed E-state index contributed by atoms with van der Waals surface area (Å²) in [5.41, 5.74) is 1.35. The smallest absolute Gasteiger partial charge is 0.261 e. The molecule has 4 aromatic rings. The predicted molar refractivity (Wildman–Crippen MR) is 128 cm³/mol. The molecule has 0 aliphatic rings. The van der Waals surface area contributed by atoms with Gasteiger partial charge in [0.2, 0.25) is 5.91 Å². The molecule has 0 bridgehead atoms. The van der Waals surface area contributed by atoms with Crippen molar-refractivity contribution in [3.63, 3.8) is 0 Å². The van der Waals surface area contributed by atoms with Crippen molar-refractivity contribution < 1.29 is 17.6 Å². The van der Waals surface area contributed by atoms with E-state index in [9.17, 15) is 13.2 Å². The Hall–Kier alpha value is -3.62. The maximum Gasteiger partial charge on any atom is 0.261 e. The van der Waals surface area contributed by atoms with Crippen molar-refractivity contribution in [3.05, 3.63) is 96.0 Å². The van der Waals surface area contributed by atoms with Gasteiger partial charge in [0, 0.05) is 18.4 Å². The first kappa shape index (κ1) is 22.6. The molecule has 0 atom stereocenters. The molecule has 1 aromatic heterocycles. The standard InChI is InChI=1S/C24H20ClN3O4S/c25-19-11-5-4-10-18(19)22-16-26-24(32-22)15-14-23(29)27-20-12-6-7-13-21(20)28-33(30,31)17-8-2-1-3-9-17/h1-13,16,28H,14-15H2,(H,27,29). The molecule has 33 heavy (non-hydrogen) atoms. The molecular formula is C24H20ClN3O4S. The lowest BCUT2D eigenvalue weighted by molar-refractivity contribution is -0.116. The zero-order valence-corrected chi connectivity index (χ0v) is 18.9. The lowest BCUT2D eigenvalue weighted by Crippen LogP contribution is -2.17. The summed E-state index contributed by atoms with van der Waals surface area (Å²) >= 11 is 6.18. The van der Waals surface area contributed by atoms with Crippen molar-refractivity contribution in [1.29, 1.82) is 0 Å². The number of carbonyl (C=O) groups is 1. The molecule has 4 rings (SSSR count). The second-order valence-corrected chi connectivity index (χ2v) is 9.20. The number of amides is 1. The fraction of sp³-hybridized carbons (Fsp3) is 0.0833. The van der Waals surface area contributed by atoms with Crippen LogP contribution in [0.25, 0.3) is 11.3 Å². The van der Waals surface area contributed by atoms with Gasteiger partial charge in [-0.15, -0.1) is 0 Å². The summed E-state index contributed by atoms with van der Waals surface area (Å²) < 4.78 is 33.5. The van der Waals surface area contributed by atoms with Crippen LogP contribution in [0.4, 0.5) is 11.4 Å². The highest BCUT2D eigenvalue weighted by molar-refractivity contribution is 7.92. The number of oxazole rings is 1. The van der Waals surface area contributed by atoms with Gasteiger partial charge >= 0.3 is 0 Å². The van der Waals surface area contributed by atoms with E-state index >= 15 is 0 Å². The number of para-hydroxylation sites is 2. The number of aromatic nitrogens is 1. The van der Waals surface area contributed by atoms with Gasteiger partial charge in [-0.05, 0) is 36.4 Å². The Morgan fingerprint density at radius 2 is 1.58 bits per heavy atom. The van der Waals surface area contributed by atoms with Crippen LogP contribution < -0.4 is 10.0 Å². The number of nitrogens with one attached hydrogen (secondary N) is 2. The molecular weight excluding hydrogens is 462 g/mol. The molecule has 168 valence electrons. The number of sulfonamides is 1. The number of hydrogen-bond donors (Lipinski definition) is 2. The zero-order chi connectivity index (χ0) is 23.3. The molecule has 0 saturated carbocycles. The topological polar surface area (TPSA) is 101 Å². The summed E-state index contributed by atoms with van der Waals surface area (Å²) in [5.74, 6) is 0.619. The summed E-state index contributed by atoms with van der Waals surface area (Å²) in [6.45, 7) is 0. The van der Waals surface area contributed by atoms with Gasteiger partial charge < -0.3 is 9.73 Å². The number of nitrogens with zero attached hydrogens (tertiary/aromatic N) is 1. The Labute approximate surface area is 196 Å². The summed E-state index contributed by atoms with van der Waals surface area (Å²) in [7, 11) is -3.79. The van der Waals surface area contributed by atoms with Gasteiger partial charge in [0.1, 0.15) is 0 Å². The second kappa shape index (κ2) is 9.89. The van der Waals surface area contributed by atoms with Crippen molar-refractivity contribution in [2.75, 3.05) is 10.0 Å². The van der Waals surface area contributed by atoms with Gasteiger partial charge in [-0.3, -0.25) is 9.52 Å². The first-order valence-electron chi connectivity index (χ1n) is 10.1. The lowest BCUT2D eigenvalue weighted by Gasteiger charge is -2.13. The molecule has 0 aliphatic heterocycles. The van der Waals surface area contributed by atoms with E-state index in [1.54, 1.807) is 54.7 Å². The number of rotatable bonds is 8. The van der Waals surface area contributed by atoms with E-state index in [0.717, 1.165) is 5.56 Å². The average Bonchev–Trinajstić information content (AvgIpc) is 3.29. The maximum absolute atomic E-state index is 12.6. The third-order valence-corrected chi connectivity index (χ3v) is 6.47. The number of carbonyl (C=O) groups excluding carboxylic acids is 1. The number of halogens is 1. The van der Waals surface area contributed by atoms with Crippen molar-refractivity contribution in [1.82, 2.24) is 4.98 Å². The summed E-state index contributed by atoms with van der Waals surface area (Å²) in [5, 5.41) is 3.29. The third-order valence-electron chi connectivity index (χ3n) is 4.76. The number of hydrogen-bond acceptors (Lipinski definition) is 5. The zero-order valence-electron chi connectivity index (χ0n) is 17.4. The maximum atomic E-state index is 12.6. The second-order valence-electron chi connectivity index (χ2n) is 7.11. The summed E-state index contributed by atoms with van der Waals surface area (Å²) in [6.07, 6.45) is 1.94. The number of aryl methyl sites for hydroxylation is 1. The predicted octanol–water partition coefficient (Wildman–Crippen LogP) is 5.37. The molecule has 7 nitrogen and oxygen atoms in total. The van der Waals surface area contributed by atoms with E-state index in [2.05, 4.69) is 15.0 Å². The van der Waals surface area contributed by atoms with E-state index in [1.807, 2.05) is 18.2 Å². The van der Waals surface area contributed by atoms with Crippen LogP contribution in [-0.4, -0.2) is 19.3 Å². The molecule has 9 heteroatoms. The molecule has 0 fully saturated rings. The molecule has 0 aliphatic carbocycles. The molecule has 0 unspecified atom stereocenters. The highest BCUT2D eigenvalue weighted by Gasteiger charge is 2.17. The van der Waals surface area contributed by atoms with E-state index < -0.39 is 10.0 Å². The highest BCUT2D eigenvalue weighted by Crippen LogP contribution is 2.28. The summed E-state index contributed by atoms with van der Waals surface area (Å²) in [6, 6.07) is 21.9. The van der Waals surface area contributed by atoms with Crippen LogP contribution in [0.3, 0.4) is 0 Å². The van der Waals surface area contributed by atoms with Crippen LogP contribution in [0.1, 0.15) is 12.3 Å². The van der Waals surface area contributed by atoms with Gasteiger partial charge in [0.05, 0.1) is 27.5 Å². The Morgan fingerprint density at radius 3 is 2.33 bits per heavy atom. The Morgan fingerprint density at radius 1 is 0.909 bits per heavy atom. The van der Waals surface area contributed by atoms with Crippen molar-refractivity contribution in [2.45, 2.75) is 17.7 Å². The molecule has 1 amide bonds. The lowest BCUT2D eigenvalue weighted by atomic mass is 10.2. The fourth-order valence-corrected chi connectivity index (χ4v) is 4.46. The first-order chi connectivity index (χ1) is 15.9. The molecule has 0 radical (unpaired) electrons. The van der Waals surface area contributed by atoms with E-state index in [-0.39, 0.29) is 29.3 Å². The van der Waals surface area contributed by atoms with Gasteiger partial charge in [0.15, 0.2) is 11.7 Å². The van der Waals surface area contributed by atoms with Gasteiger partial charge in [-0.2, -0.15) is 0 Å². The van der Waals surface area contributed by atoms with E-state index in [1.165, 1.54) is 12.1 Å². The Balaban J connectivity index is 1.40. The van der Waals surface area contributed by atoms with Crippen molar-refractivity contribution >= 4 is 38.9 Å². The molecule has 0 spiro atoms. The average molecular weight is 482 g/mol. The molecule has 2 N–H and O–H groups in total. The quantitative estimate of drug-likeness (QED) is 0.352. The molecule has 3 aromatic carbocycles. The molecule has 1 heterocycles. The Kier molecular flexibility index (Phi) is 6.76. The van der Waals surface area contributed by atoms with Crippen LogP contribution in [0.5, 0.6) is 0 Å². The normalized spacial score (nSPS) is 11.2. The van der Waals surface area contributed by atoms with Crippen LogP contribution in [0.2, 0.25) is 5.02 Å². The summed E-state index contributed by atoms with van der Waals surface area (Å²) in [4.78, 5) is 16.9. The minimum Gasteiger partial charge on any atom is -0.441 e. The van der Waals surface area contributed by atoms with Crippen molar-refractivity contribution in [2.24, 2.45) is 0 Å². The van der Waals surface area contributed by atoms with Gasteiger partial charge in [0.25, 0.3) is 10.0 Å².